The molecule has 1 aromatic heterocycles. The van der Waals surface area contributed by atoms with Crippen molar-refractivity contribution in [1.29, 1.82) is 0 Å². The van der Waals surface area contributed by atoms with E-state index in [1.807, 2.05) is 6.92 Å². The van der Waals surface area contributed by atoms with Gasteiger partial charge in [0.15, 0.2) is 0 Å². The molecule has 5 heteroatoms. The summed E-state index contributed by atoms with van der Waals surface area (Å²) in [6.07, 6.45) is 0. The van der Waals surface area contributed by atoms with E-state index in [1.165, 1.54) is 0 Å². The number of aryl methyl sites for hydroxylation is 1. The van der Waals surface area contributed by atoms with Crippen LogP contribution in [0.5, 0.6) is 0 Å². The van der Waals surface area contributed by atoms with Gasteiger partial charge < -0.3 is 5.73 Å². The number of anilines is 1. The standard InChI is InChI=1S/C11H11BrFN3/c1-5-3-7(12)6(2)10(11(5)13)8-4-9(14)16-15-8/h3-4H,1-2H3,(H3,14,15,16). The van der Waals surface area contributed by atoms with Crippen molar-refractivity contribution in [2.24, 2.45) is 0 Å². The molecule has 0 spiro atoms. The number of nitrogens with one attached hydrogen (secondary N) is 1. The summed E-state index contributed by atoms with van der Waals surface area (Å²) >= 11 is 3.40. The highest BCUT2D eigenvalue weighted by Gasteiger charge is 2.15. The lowest BCUT2D eigenvalue weighted by Crippen LogP contribution is -1.94. The third kappa shape index (κ3) is 1.71. The van der Waals surface area contributed by atoms with E-state index in [1.54, 1.807) is 19.1 Å². The molecule has 0 aliphatic carbocycles. The van der Waals surface area contributed by atoms with Crippen LogP contribution < -0.4 is 5.73 Å². The Balaban J connectivity index is 2.73. The summed E-state index contributed by atoms with van der Waals surface area (Å²) in [4.78, 5) is 0. The van der Waals surface area contributed by atoms with Gasteiger partial charge in [0, 0.05) is 16.1 Å². The van der Waals surface area contributed by atoms with Crippen molar-refractivity contribution >= 4 is 21.7 Å². The molecule has 2 aromatic rings. The predicted molar refractivity (Wildman–Crippen MR) is 65.6 cm³/mol. The maximum atomic E-state index is 14.0. The largest absolute Gasteiger partial charge is 0.382 e. The van der Waals surface area contributed by atoms with Crippen LogP contribution >= 0.6 is 15.9 Å². The van der Waals surface area contributed by atoms with Crippen molar-refractivity contribution in [3.05, 3.63) is 33.5 Å². The van der Waals surface area contributed by atoms with Gasteiger partial charge in [-0.15, -0.1) is 0 Å². The van der Waals surface area contributed by atoms with Gasteiger partial charge in [0.2, 0.25) is 0 Å². The number of nitrogens with zero attached hydrogens (tertiary/aromatic N) is 1. The SMILES string of the molecule is Cc1cc(Br)c(C)c(-c2cc(N)n[nH]2)c1F. The molecule has 0 atom stereocenters. The van der Waals surface area contributed by atoms with Gasteiger partial charge in [0.05, 0.1) is 5.69 Å². The van der Waals surface area contributed by atoms with Gasteiger partial charge in [-0.3, -0.25) is 5.10 Å². The Bertz CT molecular complexity index is 522. The Morgan fingerprint density at radius 3 is 2.62 bits per heavy atom. The lowest BCUT2D eigenvalue weighted by atomic mass is 10.0. The summed E-state index contributed by atoms with van der Waals surface area (Å²) in [5.74, 6) is 0.107. The third-order valence-corrected chi connectivity index (χ3v) is 3.33. The van der Waals surface area contributed by atoms with Gasteiger partial charge in [-0.2, -0.15) is 5.10 Å². The average molecular weight is 284 g/mol. The number of hydrogen-bond acceptors (Lipinski definition) is 2. The minimum atomic E-state index is -0.246. The van der Waals surface area contributed by atoms with Gasteiger partial charge in [0.25, 0.3) is 0 Å². The number of benzene rings is 1. The zero-order valence-corrected chi connectivity index (χ0v) is 10.5. The molecule has 0 radical (unpaired) electrons. The zero-order chi connectivity index (χ0) is 11.9. The number of aromatic nitrogens is 2. The normalized spacial score (nSPS) is 10.8. The third-order valence-electron chi connectivity index (χ3n) is 2.51. The van der Waals surface area contributed by atoms with Crippen LogP contribution in [0.1, 0.15) is 11.1 Å². The molecule has 3 nitrogen and oxygen atoms in total. The highest BCUT2D eigenvalue weighted by molar-refractivity contribution is 9.10. The Labute approximate surface area is 101 Å². The highest BCUT2D eigenvalue weighted by atomic mass is 79.9. The smallest absolute Gasteiger partial charge is 0.145 e. The van der Waals surface area contributed by atoms with Gasteiger partial charge >= 0.3 is 0 Å². The molecule has 0 amide bonds. The molecule has 0 aliphatic rings. The van der Waals surface area contributed by atoms with E-state index in [-0.39, 0.29) is 5.82 Å². The molecule has 0 unspecified atom stereocenters. The molecular formula is C11H11BrFN3. The molecule has 0 fully saturated rings. The quantitative estimate of drug-likeness (QED) is 0.845. The first-order valence-electron chi connectivity index (χ1n) is 4.77. The first-order chi connectivity index (χ1) is 7.50. The van der Waals surface area contributed by atoms with E-state index in [4.69, 9.17) is 5.73 Å². The Morgan fingerprint density at radius 2 is 2.06 bits per heavy atom. The molecular weight excluding hydrogens is 273 g/mol. The molecule has 0 saturated carbocycles. The van der Waals surface area contributed by atoms with Crippen LogP contribution in [0.3, 0.4) is 0 Å². The van der Waals surface area contributed by atoms with Crippen LogP contribution in [0.25, 0.3) is 11.3 Å². The second kappa shape index (κ2) is 3.90. The number of nitrogens with two attached hydrogens (primary N) is 1. The highest BCUT2D eigenvalue weighted by Crippen LogP contribution is 2.32. The fourth-order valence-electron chi connectivity index (χ4n) is 1.63. The number of halogens is 2. The van der Waals surface area contributed by atoms with Gasteiger partial charge in [0.1, 0.15) is 11.6 Å². The molecule has 2 rings (SSSR count). The average Bonchev–Trinajstić information content (AvgIpc) is 2.62. The molecule has 16 heavy (non-hydrogen) atoms. The van der Waals surface area contributed by atoms with Crippen molar-refractivity contribution in [1.82, 2.24) is 10.2 Å². The first-order valence-corrected chi connectivity index (χ1v) is 5.56. The molecule has 84 valence electrons. The summed E-state index contributed by atoms with van der Waals surface area (Å²) in [5.41, 5.74) is 8.03. The fraction of sp³-hybridized carbons (Fsp3) is 0.182. The number of H-pyrrole nitrogens is 1. The van der Waals surface area contributed by atoms with E-state index in [2.05, 4.69) is 26.1 Å². The van der Waals surface area contributed by atoms with Gasteiger partial charge in [-0.05, 0) is 31.0 Å². The summed E-state index contributed by atoms with van der Waals surface area (Å²) in [6, 6.07) is 3.38. The second-order valence-electron chi connectivity index (χ2n) is 3.70. The Morgan fingerprint density at radius 1 is 1.38 bits per heavy atom. The van der Waals surface area contributed by atoms with Crippen molar-refractivity contribution < 1.29 is 4.39 Å². The van der Waals surface area contributed by atoms with Crippen LogP contribution in [-0.4, -0.2) is 10.2 Å². The number of nitrogen functional groups attached to an aromatic ring is 1. The minimum Gasteiger partial charge on any atom is -0.382 e. The molecule has 1 heterocycles. The first kappa shape index (κ1) is 11.1. The van der Waals surface area contributed by atoms with Crippen molar-refractivity contribution in [3.8, 4) is 11.3 Å². The van der Waals surface area contributed by atoms with E-state index >= 15 is 0 Å². The second-order valence-corrected chi connectivity index (χ2v) is 4.55. The van der Waals surface area contributed by atoms with Gasteiger partial charge in [-0.1, -0.05) is 15.9 Å². The van der Waals surface area contributed by atoms with E-state index in [0.717, 1.165) is 10.0 Å². The topological polar surface area (TPSA) is 54.7 Å². The summed E-state index contributed by atoms with van der Waals surface area (Å²) in [6.45, 7) is 3.57. The maximum Gasteiger partial charge on any atom is 0.145 e. The molecule has 0 aliphatic heterocycles. The number of hydrogen-bond donors (Lipinski definition) is 2. The van der Waals surface area contributed by atoms with Crippen LogP contribution in [-0.2, 0) is 0 Å². The number of aromatic amines is 1. The summed E-state index contributed by atoms with van der Waals surface area (Å²) in [5, 5.41) is 6.53. The summed E-state index contributed by atoms with van der Waals surface area (Å²) < 4.78 is 14.9. The van der Waals surface area contributed by atoms with Crippen molar-refractivity contribution in [2.45, 2.75) is 13.8 Å². The van der Waals surface area contributed by atoms with E-state index in [9.17, 15) is 4.39 Å². The van der Waals surface area contributed by atoms with E-state index < -0.39 is 0 Å². The van der Waals surface area contributed by atoms with Crippen LogP contribution in [0.4, 0.5) is 10.2 Å². The molecule has 0 bridgehead atoms. The molecule has 0 saturated heterocycles. The van der Waals surface area contributed by atoms with Crippen molar-refractivity contribution in [3.63, 3.8) is 0 Å². The van der Waals surface area contributed by atoms with Gasteiger partial charge in [-0.25, -0.2) is 4.39 Å². The lowest BCUT2D eigenvalue weighted by molar-refractivity contribution is 0.620. The van der Waals surface area contributed by atoms with Crippen LogP contribution in [0.2, 0.25) is 0 Å². The van der Waals surface area contributed by atoms with E-state index in [0.29, 0.717) is 22.6 Å². The maximum absolute atomic E-state index is 14.0. The Kier molecular flexibility index (Phi) is 2.71. The minimum absolute atomic E-state index is 0.246. The predicted octanol–water partition coefficient (Wildman–Crippen LogP) is 3.18. The fourth-order valence-corrected chi connectivity index (χ4v) is 2.17. The van der Waals surface area contributed by atoms with Crippen LogP contribution in [0, 0.1) is 19.7 Å². The lowest BCUT2D eigenvalue weighted by Gasteiger charge is -2.09. The molecule has 3 N–H and O–H groups in total. The van der Waals surface area contributed by atoms with Crippen LogP contribution in [0.15, 0.2) is 16.6 Å². The zero-order valence-electron chi connectivity index (χ0n) is 8.94. The summed E-state index contributed by atoms with van der Waals surface area (Å²) in [7, 11) is 0. The monoisotopic (exact) mass is 283 g/mol. The number of rotatable bonds is 1. The Hall–Kier alpha value is -1.36. The molecule has 1 aromatic carbocycles. The van der Waals surface area contributed by atoms with Crippen molar-refractivity contribution in [2.75, 3.05) is 5.73 Å².